The Balaban J connectivity index is 1.72. The van der Waals surface area contributed by atoms with Gasteiger partial charge in [-0.3, -0.25) is 4.79 Å². The van der Waals surface area contributed by atoms with Gasteiger partial charge in [0.15, 0.2) is 0 Å². The second-order valence-electron chi connectivity index (χ2n) is 5.32. The summed E-state index contributed by atoms with van der Waals surface area (Å²) in [7, 11) is 0. The number of nitrogens with zero attached hydrogens (tertiary/aromatic N) is 1. The zero-order chi connectivity index (χ0) is 12.4. The summed E-state index contributed by atoms with van der Waals surface area (Å²) in [5.74, 6) is -0.293. The van der Waals surface area contributed by atoms with Gasteiger partial charge in [-0.1, -0.05) is 6.92 Å². The van der Waals surface area contributed by atoms with E-state index in [1.807, 2.05) is 0 Å². The Morgan fingerprint density at radius 1 is 1.24 bits per heavy atom. The molecule has 1 aliphatic carbocycles. The van der Waals surface area contributed by atoms with Gasteiger partial charge >= 0.3 is 12.0 Å². The summed E-state index contributed by atoms with van der Waals surface area (Å²) < 4.78 is 0. The van der Waals surface area contributed by atoms with Gasteiger partial charge in [0.2, 0.25) is 0 Å². The maximum absolute atomic E-state index is 11.9. The van der Waals surface area contributed by atoms with Crippen molar-refractivity contribution in [2.45, 2.75) is 38.6 Å². The molecule has 2 aliphatic rings. The largest absolute Gasteiger partial charge is 0.481 e. The Morgan fingerprint density at radius 2 is 1.82 bits per heavy atom. The van der Waals surface area contributed by atoms with Crippen molar-refractivity contribution in [1.29, 1.82) is 0 Å². The lowest BCUT2D eigenvalue weighted by Crippen LogP contribution is -2.51. The number of hydrogen-bond acceptors (Lipinski definition) is 2. The molecule has 0 unspecified atom stereocenters. The van der Waals surface area contributed by atoms with Crippen LogP contribution < -0.4 is 5.32 Å². The van der Waals surface area contributed by atoms with E-state index in [0.717, 1.165) is 18.8 Å². The molecule has 2 amide bonds. The molecule has 2 N–H and O–H groups in total. The highest BCUT2D eigenvalue weighted by molar-refractivity contribution is 5.75. The highest BCUT2D eigenvalue weighted by atomic mass is 16.4. The fraction of sp³-hybridized carbons (Fsp3) is 0.833. The Hall–Kier alpha value is -1.26. The van der Waals surface area contributed by atoms with Crippen molar-refractivity contribution in [3.8, 4) is 0 Å². The van der Waals surface area contributed by atoms with Gasteiger partial charge in [-0.05, 0) is 31.6 Å². The van der Waals surface area contributed by atoms with Crippen LogP contribution in [0.1, 0.15) is 32.6 Å². The number of nitrogens with one attached hydrogen (secondary N) is 1. The van der Waals surface area contributed by atoms with Crippen molar-refractivity contribution < 1.29 is 14.7 Å². The van der Waals surface area contributed by atoms with Gasteiger partial charge in [0.1, 0.15) is 0 Å². The van der Waals surface area contributed by atoms with Crippen LogP contribution >= 0.6 is 0 Å². The number of rotatable bonds is 2. The van der Waals surface area contributed by atoms with Crippen LogP contribution in [-0.4, -0.2) is 41.1 Å². The molecule has 1 heterocycles. The zero-order valence-corrected chi connectivity index (χ0v) is 10.2. The Bertz CT molecular complexity index is 305. The Morgan fingerprint density at radius 3 is 2.29 bits per heavy atom. The molecule has 0 radical (unpaired) electrons. The van der Waals surface area contributed by atoms with Crippen molar-refractivity contribution in [1.82, 2.24) is 10.2 Å². The average Bonchev–Trinajstić information content (AvgIpc) is 2.27. The fourth-order valence-electron chi connectivity index (χ4n) is 2.62. The smallest absolute Gasteiger partial charge is 0.317 e. The molecule has 0 aromatic heterocycles. The summed E-state index contributed by atoms with van der Waals surface area (Å²) in [5.41, 5.74) is 0. The lowest BCUT2D eigenvalue weighted by Gasteiger charge is -2.36. The topological polar surface area (TPSA) is 69.6 Å². The average molecular weight is 240 g/mol. The van der Waals surface area contributed by atoms with Gasteiger partial charge in [-0.15, -0.1) is 0 Å². The molecule has 1 aliphatic heterocycles. The normalized spacial score (nSPS) is 29.6. The molecule has 96 valence electrons. The molecule has 0 bridgehead atoms. The number of urea groups is 1. The summed E-state index contributed by atoms with van der Waals surface area (Å²) in [5, 5.41) is 11.9. The van der Waals surface area contributed by atoms with Gasteiger partial charge in [0.05, 0.1) is 5.92 Å². The van der Waals surface area contributed by atoms with Gasteiger partial charge < -0.3 is 15.3 Å². The standard InChI is InChI=1S/C12H20N2O3/c1-8-6-10(7-8)13-12(17)14-4-2-9(3-5-14)11(15)16/h8-10H,2-7H2,1H3,(H,13,17)(H,15,16). The highest BCUT2D eigenvalue weighted by Crippen LogP contribution is 2.26. The van der Waals surface area contributed by atoms with Crippen molar-refractivity contribution in [3.05, 3.63) is 0 Å². The number of carboxylic acid groups (broad SMARTS) is 1. The van der Waals surface area contributed by atoms with Crippen LogP contribution in [0.5, 0.6) is 0 Å². The summed E-state index contributed by atoms with van der Waals surface area (Å²) in [6.07, 6.45) is 3.28. The number of carbonyl (C=O) groups is 2. The predicted octanol–water partition coefficient (Wildman–Crippen LogP) is 1.29. The number of likely N-dealkylation sites (tertiary alicyclic amines) is 1. The highest BCUT2D eigenvalue weighted by Gasteiger charge is 2.31. The van der Waals surface area contributed by atoms with E-state index in [4.69, 9.17) is 5.11 Å². The third-order valence-electron chi connectivity index (χ3n) is 3.83. The van der Waals surface area contributed by atoms with E-state index in [2.05, 4.69) is 12.2 Å². The van der Waals surface area contributed by atoms with E-state index in [1.54, 1.807) is 4.90 Å². The molecule has 0 atom stereocenters. The van der Waals surface area contributed by atoms with Crippen LogP contribution in [0.25, 0.3) is 0 Å². The molecule has 0 aromatic rings. The summed E-state index contributed by atoms with van der Waals surface area (Å²) in [6, 6.07) is 0.306. The first kappa shape index (κ1) is 12.2. The summed E-state index contributed by atoms with van der Waals surface area (Å²) in [6.45, 7) is 3.30. The number of carbonyl (C=O) groups excluding carboxylic acids is 1. The number of piperidine rings is 1. The minimum atomic E-state index is -0.738. The van der Waals surface area contributed by atoms with Crippen LogP contribution in [0.3, 0.4) is 0 Å². The second-order valence-corrected chi connectivity index (χ2v) is 5.32. The molecule has 5 heteroatoms. The molecular formula is C12H20N2O3. The summed E-state index contributed by atoms with van der Waals surface area (Å²) in [4.78, 5) is 24.4. The zero-order valence-electron chi connectivity index (χ0n) is 10.2. The van der Waals surface area contributed by atoms with E-state index in [9.17, 15) is 9.59 Å². The van der Waals surface area contributed by atoms with Crippen LogP contribution in [0, 0.1) is 11.8 Å². The Labute approximate surface area is 101 Å². The van der Waals surface area contributed by atoms with E-state index in [-0.39, 0.29) is 11.9 Å². The molecule has 17 heavy (non-hydrogen) atoms. The van der Waals surface area contributed by atoms with Crippen molar-refractivity contribution >= 4 is 12.0 Å². The molecule has 0 aromatic carbocycles. The predicted molar refractivity (Wildman–Crippen MR) is 62.7 cm³/mol. The molecular weight excluding hydrogens is 220 g/mol. The molecule has 1 saturated carbocycles. The van der Waals surface area contributed by atoms with Crippen molar-refractivity contribution in [2.75, 3.05) is 13.1 Å². The Kier molecular flexibility index (Phi) is 3.54. The minimum Gasteiger partial charge on any atom is -0.481 e. The van der Waals surface area contributed by atoms with Crippen LogP contribution in [0.2, 0.25) is 0 Å². The van der Waals surface area contributed by atoms with Gasteiger partial charge in [0.25, 0.3) is 0 Å². The SMILES string of the molecule is CC1CC(NC(=O)N2CCC(C(=O)O)CC2)C1. The monoisotopic (exact) mass is 240 g/mol. The first-order valence-corrected chi connectivity index (χ1v) is 6.34. The van der Waals surface area contributed by atoms with E-state index < -0.39 is 5.97 Å². The fourth-order valence-corrected chi connectivity index (χ4v) is 2.62. The number of aliphatic carboxylic acids is 1. The third-order valence-corrected chi connectivity index (χ3v) is 3.83. The quantitative estimate of drug-likeness (QED) is 0.764. The maximum atomic E-state index is 11.9. The third kappa shape index (κ3) is 2.90. The maximum Gasteiger partial charge on any atom is 0.317 e. The molecule has 1 saturated heterocycles. The molecule has 2 rings (SSSR count). The van der Waals surface area contributed by atoms with E-state index in [1.165, 1.54) is 0 Å². The van der Waals surface area contributed by atoms with E-state index in [0.29, 0.717) is 32.0 Å². The first-order chi connectivity index (χ1) is 8.06. The molecule has 2 fully saturated rings. The van der Waals surface area contributed by atoms with Gasteiger partial charge in [-0.2, -0.15) is 0 Å². The van der Waals surface area contributed by atoms with Crippen molar-refractivity contribution in [2.24, 2.45) is 11.8 Å². The first-order valence-electron chi connectivity index (χ1n) is 6.34. The molecule has 5 nitrogen and oxygen atoms in total. The van der Waals surface area contributed by atoms with Gasteiger partial charge in [0, 0.05) is 19.1 Å². The lowest BCUT2D eigenvalue weighted by atomic mass is 9.82. The summed E-state index contributed by atoms with van der Waals surface area (Å²) >= 11 is 0. The molecule has 0 spiro atoms. The van der Waals surface area contributed by atoms with Crippen LogP contribution in [0.15, 0.2) is 0 Å². The lowest BCUT2D eigenvalue weighted by molar-refractivity contribution is -0.143. The van der Waals surface area contributed by atoms with E-state index >= 15 is 0 Å². The number of hydrogen-bond donors (Lipinski definition) is 2. The van der Waals surface area contributed by atoms with Crippen LogP contribution in [0.4, 0.5) is 4.79 Å². The second kappa shape index (κ2) is 4.94. The van der Waals surface area contributed by atoms with Gasteiger partial charge in [-0.25, -0.2) is 4.79 Å². The van der Waals surface area contributed by atoms with Crippen LogP contribution in [-0.2, 0) is 4.79 Å². The van der Waals surface area contributed by atoms with Crippen molar-refractivity contribution in [3.63, 3.8) is 0 Å². The number of amides is 2. The minimum absolute atomic E-state index is 0.0225. The number of carboxylic acids is 1.